The zero-order valence-electron chi connectivity index (χ0n) is 14.1. The van der Waals surface area contributed by atoms with E-state index in [9.17, 15) is 13.2 Å². The molecule has 0 radical (unpaired) electrons. The van der Waals surface area contributed by atoms with Crippen LogP contribution in [0.4, 0.5) is 24.8 Å². The lowest BCUT2D eigenvalue weighted by molar-refractivity contribution is -0.137. The smallest absolute Gasteiger partial charge is 0.383 e. The van der Waals surface area contributed by atoms with Crippen molar-refractivity contribution in [1.82, 2.24) is 15.0 Å². The van der Waals surface area contributed by atoms with Gasteiger partial charge in [0.1, 0.15) is 17.5 Å². The molecule has 8 heteroatoms. The maximum Gasteiger partial charge on any atom is 0.419 e. The van der Waals surface area contributed by atoms with E-state index in [0.717, 1.165) is 17.3 Å². The van der Waals surface area contributed by atoms with Crippen LogP contribution in [-0.2, 0) is 19.0 Å². The van der Waals surface area contributed by atoms with Crippen LogP contribution in [-0.4, -0.2) is 28.0 Å². The fourth-order valence-electron chi connectivity index (χ4n) is 2.99. The molecular formula is C17H20F3N5. The zero-order chi connectivity index (χ0) is 18.2. The van der Waals surface area contributed by atoms with Crippen LogP contribution >= 0.6 is 0 Å². The summed E-state index contributed by atoms with van der Waals surface area (Å²) in [6.07, 6.45) is -2.05. The van der Waals surface area contributed by atoms with Gasteiger partial charge in [0.25, 0.3) is 0 Å². The van der Waals surface area contributed by atoms with Gasteiger partial charge in [0, 0.05) is 37.2 Å². The molecule has 0 aliphatic carbocycles. The van der Waals surface area contributed by atoms with Crippen molar-refractivity contribution in [1.29, 1.82) is 0 Å². The summed E-state index contributed by atoms with van der Waals surface area (Å²) in [6.45, 7) is 4.75. The summed E-state index contributed by atoms with van der Waals surface area (Å²) >= 11 is 0. The molecule has 1 aliphatic rings. The number of hydrogen-bond acceptors (Lipinski definition) is 5. The molecule has 0 aromatic carbocycles. The third kappa shape index (κ3) is 3.52. The maximum atomic E-state index is 13.3. The molecule has 25 heavy (non-hydrogen) atoms. The van der Waals surface area contributed by atoms with Crippen LogP contribution < -0.4 is 10.6 Å². The summed E-state index contributed by atoms with van der Waals surface area (Å²) in [5, 5.41) is 0. The van der Waals surface area contributed by atoms with Crippen LogP contribution in [0.25, 0.3) is 0 Å². The molecule has 5 nitrogen and oxygen atoms in total. The van der Waals surface area contributed by atoms with Gasteiger partial charge in [-0.1, -0.05) is 13.8 Å². The predicted molar refractivity (Wildman–Crippen MR) is 89.4 cm³/mol. The molecule has 2 aromatic heterocycles. The minimum absolute atomic E-state index is 0.0431. The van der Waals surface area contributed by atoms with Crippen LogP contribution in [0.1, 0.15) is 42.4 Å². The Hall–Kier alpha value is -2.38. The molecule has 0 fully saturated rings. The molecule has 134 valence electrons. The summed E-state index contributed by atoms with van der Waals surface area (Å²) in [5.74, 6) is 1.18. The third-order valence-corrected chi connectivity index (χ3v) is 4.30. The summed E-state index contributed by atoms with van der Waals surface area (Å²) in [4.78, 5) is 14.5. The lowest BCUT2D eigenvalue weighted by Gasteiger charge is -2.24. The molecule has 3 rings (SSSR count). The number of alkyl halides is 3. The van der Waals surface area contributed by atoms with Crippen LogP contribution in [0, 0.1) is 0 Å². The van der Waals surface area contributed by atoms with Crippen LogP contribution in [0.15, 0.2) is 18.3 Å². The summed E-state index contributed by atoms with van der Waals surface area (Å²) in [5.41, 5.74) is 7.00. The van der Waals surface area contributed by atoms with E-state index in [1.54, 1.807) is 4.90 Å². The lowest BCUT2D eigenvalue weighted by Crippen LogP contribution is -2.29. The number of hydrogen-bond donors (Lipinski definition) is 1. The zero-order valence-corrected chi connectivity index (χ0v) is 14.1. The Labute approximate surface area is 144 Å². The van der Waals surface area contributed by atoms with E-state index in [2.05, 4.69) is 15.0 Å². The average molecular weight is 351 g/mol. The van der Waals surface area contributed by atoms with E-state index in [1.807, 2.05) is 13.8 Å². The molecule has 2 N–H and O–H groups in total. The molecule has 0 saturated heterocycles. The van der Waals surface area contributed by atoms with Crippen molar-refractivity contribution in [2.75, 3.05) is 23.7 Å². The van der Waals surface area contributed by atoms with Gasteiger partial charge in [-0.25, -0.2) is 15.0 Å². The monoisotopic (exact) mass is 351 g/mol. The second-order valence-corrected chi connectivity index (χ2v) is 6.41. The molecule has 2 aromatic rings. The first-order valence-corrected chi connectivity index (χ1v) is 8.19. The molecule has 1 aliphatic heterocycles. The van der Waals surface area contributed by atoms with Crippen molar-refractivity contribution in [3.8, 4) is 0 Å². The second-order valence-electron chi connectivity index (χ2n) is 6.41. The van der Waals surface area contributed by atoms with E-state index in [0.29, 0.717) is 37.6 Å². The fourth-order valence-corrected chi connectivity index (χ4v) is 2.99. The Balaban J connectivity index is 1.92. The molecule has 0 unspecified atom stereocenters. The van der Waals surface area contributed by atoms with Gasteiger partial charge in [0.2, 0.25) is 0 Å². The number of nitrogens with zero attached hydrogens (tertiary/aromatic N) is 4. The highest BCUT2D eigenvalue weighted by molar-refractivity contribution is 5.51. The Morgan fingerprint density at radius 1 is 1.16 bits per heavy atom. The highest BCUT2D eigenvalue weighted by atomic mass is 19.4. The predicted octanol–water partition coefficient (Wildman–Crippen LogP) is 3.20. The molecule has 0 amide bonds. The van der Waals surface area contributed by atoms with Gasteiger partial charge in [-0.2, -0.15) is 13.2 Å². The first kappa shape index (κ1) is 17.4. The number of rotatable bonds is 2. The second kappa shape index (κ2) is 6.50. The number of nitrogen functional groups attached to an aromatic ring is 1. The van der Waals surface area contributed by atoms with E-state index < -0.39 is 11.7 Å². The number of halogens is 3. The van der Waals surface area contributed by atoms with Crippen molar-refractivity contribution in [2.45, 2.75) is 38.8 Å². The Morgan fingerprint density at radius 3 is 2.56 bits per heavy atom. The van der Waals surface area contributed by atoms with Crippen molar-refractivity contribution in [3.05, 3.63) is 41.0 Å². The lowest BCUT2D eigenvalue weighted by atomic mass is 10.1. The standard InChI is InChI=1S/C17H20F3N5/c1-10(2)15-23-13-6-9-25(8-5-11(13)14(21)24-15)16-12(17(18,19)20)4-3-7-22-16/h3-4,7,10H,5-6,8-9H2,1-2H3,(H2,21,23,24). The van der Waals surface area contributed by atoms with E-state index >= 15 is 0 Å². The third-order valence-electron chi connectivity index (χ3n) is 4.30. The van der Waals surface area contributed by atoms with E-state index in [-0.39, 0.29) is 11.7 Å². The van der Waals surface area contributed by atoms with E-state index in [4.69, 9.17) is 5.73 Å². The van der Waals surface area contributed by atoms with Gasteiger partial charge in [0.05, 0.1) is 11.3 Å². The molecular weight excluding hydrogens is 331 g/mol. The molecule has 0 spiro atoms. The summed E-state index contributed by atoms with van der Waals surface area (Å²) in [7, 11) is 0. The number of anilines is 2. The van der Waals surface area contributed by atoms with Crippen molar-refractivity contribution >= 4 is 11.6 Å². The Kier molecular flexibility index (Phi) is 4.53. The number of nitrogens with two attached hydrogens (primary N) is 1. The van der Waals surface area contributed by atoms with Gasteiger partial charge in [-0.3, -0.25) is 0 Å². The quantitative estimate of drug-likeness (QED) is 0.900. The van der Waals surface area contributed by atoms with Crippen molar-refractivity contribution in [2.24, 2.45) is 0 Å². The Bertz CT molecular complexity index is 773. The van der Waals surface area contributed by atoms with Crippen molar-refractivity contribution in [3.63, 3.8) is 0 Å². The normalized spacial score (nSPS) is 15.2. The van der Waals surface area contributed by atoms with Gasteiger partial charge in [-0.05, 0) is 18.6 Å². The van der Waals surface area contributed by atoms with Gasteiger partial charge in [-0.15, -0.1) is 0 Å². The van der Waals surface area contributed by atoms with Crippen LogP contribution in [0.5, 0.6) is 0 Å². The first-order valence-electron chi connectivity index (χ1n) is 8.19. The summed E-state index contributed by atoms with van der Waals surface area (Å²) in [6, 6.07) is 2.36. The SMILES string of the molecule is CC(C)c1nc(N)c2c(n1)CCN(c1ncccc1C(F)(F)F)CC2. The van der Waals surface area contributed by atoms with E-state index in [1.165, 1.54) is 12.3 Å². The Morgan fingerprint density at radius 2 is 1.88 bits per heavy atom. The van der Waals surface area contributed by atoms with Gasteiger partial charge < -0.3 is 10.6 Å². The van der Waals surface area contributed by atoms with Crippen LogP contribution in [0.2, 0.25) is 0 Å². The highest BCUT2D eigenvalue weighted by Crippen LogP contribution is 2.36. The largest absolute Gasteiger partial charge is 0.419 e. The fraction of sp³-hybridized carbons (Fsp3) is 0.471. The summed E-state index contributed by atoms with van der Waals surface area (Å²) < 4.78 is 39.8. The topological polar surface area (TPSA) is 67.9 Å². The molecule has 0 saturated carbocycles. The molecule has 0 atom stereocenters. The van der Waals surface area contributed by atoms with Crippen molar-refractivity contribution < 1.29 is 13.2 Å². The van der Waals surface area contributed by atoms with Gasteiger partial charge in [0.15, 0.2) is 0 Å². The maximum absolute atomic E-state index is 13.3. The number of fused-ring (bicyclic) bond motifs is 1. The highest BCUT2D eigenvalue weighted by Gasteiger charge is 2.36. The first-order chi connectivity index (χ1) is 11.8. The van der Waals surface area contributed by atoms with Crippen LogP contribution in [0.3, 0.4) is 0 Å². The average Bonchev–Trinajstić information content (AvgIpc) is 2.77. The number of aromatic nitrogens is 3. The molecule has 3 heterocycles. The minimum atomic E-state index is -4.44. The minimum Gasteiger partial charge on any atom is -0.383 e. The number of pyridine rings is 1. The van der Waals surface area contributed by atoms with Gasteiger partial charge >= 0.3 is 6.18 Å². The molecule has 0 bridgehead atoms.